The quantitative estimate of drug-likeness (QED) is 0.629. The van der Waals surface area contributed by atoms with Crippen LogP contribution in [0.25, 0.3) is 0 Å². The maximum Gasteiger partial charge on any atom is 0.338 e. The van der Waals surface area contributed by atoms with Crippen LogP contribution in [-0.4, -0.2) is 37.0 Å². The molecule has 64 valence electrons. The lowest BCUT2D eigenvalue weighted by Gasteiger charge is -2.31. The van der Waals surface area contributed by atoms with E-state index in [4.69, 9.17) is 14.6 Å². The number of carboxylic acids is 1. The van der Waals surface area contributed by atoms with E-state index in [9.17, 15) is 4.79 Å². The van der Waals surface area contributed by atoms with Gasteiger partial charge in [0.25, 0.3) is 0 Å². The predicted molar refractivity (Wildman–Crippen MR) is 37.4 cm³/mol. The molecule has 0 amide bonds. The number of hydrogen-bond donors (Lipinski definition) is 1. The summed E-state index contributed by atoms with van der Waals surface area (Å²) in [4.78, 5) is 10.7. The average Bonchev–Trinajstić information content (AvgIpc) is 2.05. The van der Waals surface area contributed by atoms with Crippen LogP contribution in [0.1, 0.15) is 12.8 Å². The molecule has 0 aromatic heterocycles. The molecule has 1 atom stereocenters. The molecule has 1 aliphatic rings. The van der Waals surface area contributed by atoms with Crippen molar-refractivity contribution in [3.05, 3.63) is 0 Å². The van der Waals surface area contributed by atoms with Gasteiger partial charge in [-0.1, -0.05) is 0 Å². The minimum absolute atomic E-state index is 0.166. The molecule has 0 bridgehead atoms. The molecule has 11 heavy (non-hydrogen) atoms. The van der Waals surface area contributed by atoms with Crippen LogP contribution >= 0.6 is 0 Å². The molecular weight excluding hydrogens is 148 g/mol. The average molecular weight is 160 g/mol. The molecule has 0 saturated carbocycles. The molecule has 0 aromatic rings. The smallest absolute Gasteiger partial charge is 0.338 e. The molecule has 0 radical (unpaired) electrons. The normalized spacial score (nSPS) is 31.7. The van der Waals surface area contributed by atoms with Crippen LogP contribution in [-0.2, 0) is 14.3 Å². The van der Waals surface area contributed by atoms with E-state index in [1.807, 2.05) is 0 Å². The summed E-state index contributed by atoms with van der Waals surface area (Å²) >= 11 is 0. The van der Waals surface area contributed by atoms with E-state index in [1.54, 1.807) is 0 Å². The Morgan fingerprint density at radius 1 is 1.73 bits per heavy atom. The molecule has 0 aliphatic carbocycles. The van der Waals surface area contributed by atoms with E-state index in [0.717, 1.165) is 6.42 Å². The summed E-state index contributed by atoms with van der Waals surface area (Å²) in [5.41, 5.74) is -1.09. The summed E-state index contributed by atoms with van der Waals surface area (Å²) in [6.07, 6.45) is 1.29. The number of ether oxygens (including phenoxy) is 2. The minimum atomic E-state index is -1.09. The third-order valence-electron chi connectivity index (χ3n) is 1.99. The largest absolute Gasteiger partial charge is 0.479 e. The lowest BCUT2D eigenvalue weighted by molar-refractivity contribution is -0.178. The maximum absolute atomic E-state index is 10.7. The summed E-state index contributed by atoms with van der Waals surface area (Å²) in [5.74, 6) is -0.931. The Labute approximate surface area is 65.1 Å². The van der Waals surface area contributed by atoms with Crippen molar-refractivity contribution in [1.82, 2.24) is 0 Å². The number of hydrogen-bond acceptors (Lipinski definition) is 3. The first-order chi connectivity index (χ1) is 5.21. The monoisotopic (exact) mass is 160 g/mol. The Balaban J connectivity index is 2.64. The van der Waals surface area contributed by atoms with Crippen LogP contribution in [0, 0.1) is 0 Å². The predicted octanol–water partition coefficient (Wildman–Crippen LogP) is 0.267. The number of carboxylic acid groups (broad SMARTS) is 1. The molecule has 1 saturated heterocycles. The van der Waals surface area contributed by atoms with Crippen molar-refractivity contribution >= 4 is 5.97 Å². The Hall–Kier alpha value is -0.610. The Kier molecular flexibility index (Phi) is 2.46. The molecule has 1 rings (SSSR count). The molecule has 4 heteroatoms. The zero-order valence-electron chi connectivity index (χ0n) is 6.50. The van der Waals surface area contributed by atoms with E-state index < -0.39 is 11.6 Å². The number of methoxy groups -OCH3 is 1. The molecule has 0 aromatic carbocycles. The van der Waals surface area contributed by atoms with Crippen molar-refractivity contribution in [2.75, 3.05) is 20.3 Å². The standard InChI is InChI=1S/C7H12O4/c1-10-7(6(8)9)3-2-4-11-5-7/h2-5H2,1H3,(H,8,9). The van der Waals surface area contributed by atoms with Crippen LogP contribution in [0.3, 0.4) is 0 Å². The van der Waals surface area contributed by atoms with Crippen LogP contribution in [0.15, 0.2) is 0 Å². The van der Waals surface area contributed by atoms with Crippen LogP contribution in [0.4, 0.5) is 0 Å². The number of carbonyl (C=O) groups is 1. The Bertz CT molecular complexity index is 149. The fourth-order valence-electron chi connectivity index (χ4n) is 1.19. The van der Waals surface area contributed by atoms with Gasteiger partial charge < -0.3 is 14.6 Å². The first-order valence-corrected chi connectivity index (χ1v) is 3.57. The van der Waals surface area contributed by atoms with E-state index >= 15 is 0 Å². The van der Waals surface area contributed by atoms with Gasteiger partial charge in [0.2, 0.25) is 0 Å². The zero-order valence-corrected chi connectivity index (χ0v) is 6.50. The lowest BCUT2D eigenvalue weighted by atomic mass is 9.97. The third kappa shape index (κ3) is 1.52. The van der Waals surface area contributed by atoms with Crippen molar-refractivity contribution in [3.63, 3.8) is 0 Å². The van der Waals surface area contributed by atoms with Crippen molar-refractivity contribution in [2.24, 2.45) is 0 Å². The van der Waals surface area contributed by atoms with Gasteiger partial charge >= 0.3 is 5.97 Å². The summed E-state index contributed by atoms with van der Waals surface area (Å²) in [7, 11) is 1.41. The van der Waals surface area contributed by atoms with Gasteiger partial charge in [0.15, 0.2) is 5.60 Å². The Morgan fingerprint density at radius 3 is 2.73 bits per heavy atom. The van der Waals surface area contributed by atoms with Crippen LogP contribution in [0.5, 0.6) is 0 Å². The van der Waals surface area contributed by atoms with E-state index in [0.29, 0.717) is 13.0 Å². The first-order valence-electron chi connectivity index (χ1n) is 3.57. The molecular formula is C7H12O4. The van der Waals surface area contributed by atoms with Crippen molar-refractivity contribution < 1.29 is 19.4 Å². The molecule has 1 N–H and O–H groups in total. The number of aliphatic carboxylic acids is 1. The molecule has 1 unspecified atom stereocenters. The SMILES string of the molecule is COC1(C(=O)O)CCCOC1. The maximum atomic E-state index is 10.7. The Morgan fingerprint density at radius 2 is 2.45 bits per heavy atom. The third-order valence-corrected chi connectivity index (χ3v) is 1.99. The molecule has 1 heterocycles. The first kappa shape index (κ1) is 8.49. The second kappa shape index (κ2) is 3.19. The van der Waals surface area contributed by atoms with Crippen LogP contribution in [0.2, 0.25) is 0 Å². The summed E-state index contributed by atoms with van der Waals surface area (Å²) in [5, 5.41) is 8.78. The van der Waals surface area contributed by atoms with Gasteiger partial charge in [0.05, 0.1) is 6.61 Å². The topological polar surface area (TPSA) is 55.8 Å². The van der Waals surface area contributed by atoms with Gasteiger partial charge in [0.1, 0.15) is 0 Å². The lowest BCUT2D eigenvalue weighted by Crippen LogP contribution is -2.47. The highest BCUT2D eigenvalue weighted by Gasteiger charge is 2.40. The van der Waals surface area contributed by atoms with Gasteiger partial charge in [-0.3, -0.25) is 0 Å². The zero-order chi connectivity index (χ0) is 8.32. The van der Waals surface area contributed by atoms with E-state index in [1.165, 1.54) is 7.11 Å². The van der Waals surface area contributed by atoms with Crippen molar-refractivity contribution in [3.8, 4) is 0 Å². The van der Waals surface area contributed by atoms with Crippen molar-refractivity contribution in [2.45, 2.75) is 18.4 Å². The van der Waals surface area contributed by atoms with Crippen LogP contribution < -0.4 is 0 Å². The fraction of sp³-hybridized carbons (Fsp3) is 0.857. The fourth-order valence-corrected chi connectivity index (χ4v) is 1.19. The van der Waals surface area contributed by atoms with Crippen molar-refractivity contribution in [1.29, 1.82) is 0 Å². The molecule has 1 fully saturated rings. The minimum Gasteiger partial charge on any atom is -0.479 e. The summed E-state index contributed by atoms with van der Waals surface area (Å²) in [6.45, 7) is 0.803. The van der Waals surface area contributed by atoms with Gasteiger partial charge in [0, 0.05) is 13.7 Å². The van der Waals surface area contributed by atoms with E-state index in [-0.39, 0.29) is 6.61 Å². The van der Waals surface area contributed by atoms with Gasteiger partial charge in [-0.2, -0.15) is 0 Å². The van der Waals surface area contributed by atoms with Gasteiger partial charge in [-0.25, -0.2) is 4.79 Å². The molecule has 1 aliphatic heterocycles. The van der Waals surface area contributed by atoms with E-state index in [2.05, 4.69) is 0 Å². The molecule has 4 nitrogen and oxygen atoms in total. The number of rotatable bonds is 2. The highest BCUT2D eigenvalue weighted by molar-refractivity contribution is 5.77. The molecule has 0 spiro atoms. The van der Waals surface area contributed by atoms with Gasteiger partial charge in [-0.05, 0) is 12.8 Å². The van der Waals surface area contributed by atoms with Gasteiger partial charge in [-0.15, -0.1) is 0 Å². The second-order valence-electron chi connectivity index (χ2n) is 2.66. The highest BCUT2D eigenvalue weighted by atomic mass is 16.6. The highest BCUT2D eigenvalue weighted by Crippen LogP contribution is 2.22. The summed E-state index contributed by atoms with van der Waals surface area (Å²) in [6, 6.07) is 0. The second-order valence-corrected chi connectivity index (χ2v) is 2.66. The summed E-state index contributed by atoms with van der Waals surface area (Å²) < 4.78 is 9.95.